The van der Waals surface area contributed by atoms with Crippen LogP contribution < -0.4 is 4.72 Å². The van der Waals surface area contributed by atoms with Gasteiger partial charge in [0.25, 0.3) is 10.2 Å². The molecule has 0 aromatic heterocycles. The van der Waals surface area contributed by atoms with Crippen LogP contribution in [0.25, 0.3) is 0 Å². The SMILES string of the molecule is CN(C)S(=O)(=O)NC(C)(CO)CO. The summed E-state index contributed by atoms with van der Waals surface area (Å²) >= 11 is 0. The molecule has 0 atom stereocenters. The van der Waals surface area contributed by atoms with Crippen molar-refractivity contribution in [2.24, 2.45) is 0 Å². The summed E-state index contributed by atoms with van der Waals surface area (Å²) in [6.45, 7) is 0.487. The molecular formula is C6H16N2O4S. The molecule has 13 heavy (non-hydrogen) atoms. The monoisotopic (exact) mass is 212 g/mol. The van der Waals surface area contributed by atoms with E-state index in [1.807, 2.05) is 0 Å². The maximum Gasteiger partial charge on any atom is 0.279 e. The molecule has 0 aliphatic carbocycles. The van der Waals surface area contributed by atoms with Gasteiger partial charge in [0.15, 0.2) is 0 Å². The van der Waals surface area contributed by atoms with Gasteiger partial charge in [0.05, 0.1) is 18.8 Å². The molecule has 0 fully saturated rings. The van der Waals surface area contributed by atoms with E-state index in [-0.39, 0.29) is 0 Å². The minimum absolute atomic E-state index is 0.462. The molecule has 0 unspecified atom stereocenters. The van der Waals surface area contributed by atoms with Gasteiger partial charge in [-0.3, -0.25) is 0 Å². The van der Waals surface area contributed by atoms with Crippen molar-refractivity contribution in [3.8, 4) is 0 Å². The van der Waals surface area contributed by atoms with Gasteiger partial charge in [0.2, 0.25) is 0 Å². The van der Waals surface area contributed by atoms with E-state index in [4.69, 9.17) is 10.2 Å². The summed E-state index contributed by atoms with van der Waals surface area (Å²) in [4.78, 5) is 0. The fraction of sp³-hybridized carbons (Fsp3) is 1.00. The standard InChI is InChI=1S/C6H16N2O4S/c1-6(4-9,5-10)7-13(11,12)8(2)3/h7,9-10H,4-5H2,1-3H3. The zero-order valence-electron chi connectivity index (χ0n) is 7.98. The van der Waals surface area contributed by atoms with Crippen molar-refractivity contribution >= 4 is 10.2 Å². The Labute approximate surface area is 78.4 Å². The second-order valence-corrected chi connectivity index (χ2v) is 5.15. The number of nitrogens with one attached hydrogen (secondary N) is 1. The molecule has 0 saturated carbocycles. The van der Waals surface area contributed by atoms with Gasteiger partial charge < -0.3 is 10.2 Å². The molecule has 0 spiro atoms. The van der Waals surface area contributed by atoms with Gasteiger partial charge in [-0.2, -0.15) is 17.4 Å². The van der Waals surface area contributed by atoms with Gasteiger partial charge in [0, 0.05) is 14.1 Å². The predicted molar refractivity (Wildman–Crippen MR) is 48.3 cm³/mol. The van der Waals surface area contributed by atoms with Crippen molar-refractivity contribution in [1.82, 2.24) is 9.03 Å². The lowest BCUT2D eigenvalue weighted by Crippen LogP contribution is -2.54. The summed E-state index contributed by atoms with van der Waals surface area (Å²) in [6.07, 6.45) is 0. The Bertz CT molecular complexity index is 245. The van der Waals surface area contributed by atoms with E-state index in [0.29, 0.717) is 0 Å². The molecule has 0 aliphatic heterocycles. The van der Waals surface area contributed by atoms with E-state index < -0.39 is 29.0 Å². The van der Waals surface area contributed by atoms with E-state index in [1.54, 1.807) is 0 Å². The van der Waals surface area contributed by atoms with E-state index in [2.05, 4.69) is 4.72 Å². The second kappa shape index (κ2) is 4.34. The first-order valence-electron chi connectivity index (χ1n) is 3.70. The Hall–Kier alpha value is -0.210. The number of aliphatic hydroxyl groups is 2. The van der Waals surface area contributed by atoms with Crippen molar-refractivity contribution in [3.63, 3.8) is 0 Å². The van der Waals surface area contributed by atoms with Crippen LogP contribution in [0.15, 0.2) is 0 Å². The van der Waals surface area contributed by atoms with Crippen LogP contribution >= 0.6 is 0 Å². The number of rotatable bonds is 5. The topological polar surface area (TPSA) is 89.9 Å². The Morgan fingerprint density at radius 1 is 1.31 bits per heavy atom. The Balaban J connectivity index is 4.60. The molecule has 0 rings (SSSR count). The smallest absolute Gasteiger partial charge is 0.279 e. The Kier molecular flexibility index (Phi) is 4.27. The summed E-state index contributed by atoms with van der Waals surface area (Å²) in [5.41, 5.74) is -1.22. The minimum atomic E-state index is -3.62. The first-order chi connectivity index (χ1) is 5.77. The molecule has 80 valence electrons. The highest BCUT2D eigenvalue weighted by molar-refractivity contribution is 7.87. The van der Waals surface area contributed by atoms with Gasteiger partial charge in [-0.15, -0.1) is 0 Å². The third-order valence-electron chi connectivity index (χ3n) is 1.55. The molecular weight excluding hydrogens is 196 g/mol. The van der Waals surface area contributed by atoms with Crippen LogP contribution in [0.4, 0.5) is 0 Å². The van der Waals surface area contributed by atoms with Crippen molar-refractivity contribution in [2.75, 3.05) is 27.3 Å². The fourth-order valence-corrected chi connectivity index (χ4v) is 1.45. The van der Waals surface area contributed by atoms with E-state index in [9.17, 15) is 8.42 Å². The second-order valence-electron chi connectivity index (χ2n) is 3.27. The van der Waals surface area contributed by atoms with Gasteiger partial charge >= 0.3 is 0 Å². The average molecular weight is 212 g/mol. The maximum atomic E-state index is 11.3. The van der Waals surface area contributed by atoms with Crippen LogP contribution in [-0.4, -0.2) is 55.8 Å². The Morgan fingerprint density at radius 3 is 1.92 bits per heavy atom. The normalized spacial score (nSPS) is 13.7. The summed E-state index contributed by atoms with van der Waals surface area (Å²) in [5.74, 6) is 0. The van der Waals surface area contributed by atoms with E-state index >= 15 is 0 Å². The average Bonchev–Trinajstić information content (AvgIpc) is 2.03. The summed E-state index contributed by atoms with van der Waals surface area (Å²) < 4.78 is 25.6. The van der Waals surface area contributed by atoms with Crippen LogP contribution in [-0.2, 0) is 10.2 Å². The lowest BCUT2D eigenvalue weighted by atomic mass is 10.1. The van der Waals surface area contributed by atoms with Crippen LogP contribution in [0.2, 0.25) is 0 Å². The molecule has 0 saturated heterocycles. The number of hydrogen-bond acceptors (Lipinski definition) is 4. The van der Waals surface area contributed by atoms with Crippen LogP contribution in [0.5, 0.6) is 0 Å². The lowest BCUT2D eigenvalue weighted by molar-refractivity contribution is 0.120. The molecule has 0 aromatic rings. The van der Waals surface area contributed by atoms with Crippen molar-refractivity contribution in [2.45, 2.75) is 12.5 Å². The molecule has 0 aliphatic rings. The largest absolute Gasteiger partial charge is 0.394 e. The maximum absolute atomic E-state index is 11.3. The molecule has 0 heterocycles. The van der Waals surface area contributed by atoms with Gasteiger partial charge in [-0.25, -0.2) is 0 Å². The quantitative estimate of drug-likeness (QED) is 0.498. The third-order valence-corrected chi connectivity index (χ3v) is 3.27. The highest BCUT2D eigenvalue weighted by Gasteiger charge is 2.29. The molecule has 0 aromatic carbocycles. The van der Waals surface area contributed by atoms with Crippen LogP contribution in [0, 0.1) is 0 Å². The third kappa shape index (κ3) is 3.57. The van der Waals surface area contributed by atoms with E-state index in [0.717, 1.165) is 4.31 Å². The van der Waals surface area contributed by atoms with Crippen molar-refractivity contribution < 1.29 is 18.6 Å². The number of nitrogens with zero attached hydrogens (tertiary/aromatic N) is 1. The van der Waals surface area contributed by atoms with Gasteiger partial charge in [-0.1, -0.05) is 0 Å². The van der Waals surface area contributed by atoms with Gasteiger partial charge in [0.1, 0.15) is 0 Å². The zero-order valence-corrected chi connectivity index (χ0v) is 8.80. The first kappa shape index (κ1) is 12.8. The van der Waals surface area contributed by atoms with E-state index in [1.165, 1.54) is 21.0 Å². The van der Waals surface area contributed by atoms with Crippen LogP contribution in [0.3, 0.4) is 0 Å². The summed E-state index contributed by atoms with van der Waals surface area (Å²) in [6, 6.07) is 0. The molecule has 6 nitrogen and oxygen atoms in total. The number of hydrogen-bond donors (Lipinski definition) is 3. The van der Waals surface area contributed by atoms with Crippen molar-refractivity contribution in [3.05, 3.63) is 0 Å². The van der Waals surface area contributed by atoms with Crippen LogP contribution in [0.1, 0.15) is 6.92 Å². The molecule has 0 bridgehead atoms. The zero-order chi connectivity index (χ0) is 10.7. The Morgan fingerprint density at radius 2 is 1.69 bits per heavy atom. The van der Waals surface area contributed by atoms with Crippen molar-refractivity contribution in [1.29, 1.82) is 0 Å². The predicted octanol–water partition coefficient (Wildman–Crippen LogP) is -1.87. The molecule has 0 radical (unpaired) electrons. The molecule has 7 heteroatoms. The molecule has 3 N–H and O–H groups in total. The lowest BCUT2D eigenvalue weighted by Gasteiger charge is -2.27. The highest BCUT2D eigenvalue weighted by atomic mass is 32.2. The molecule has 0 amide bonds. The van der Waals surface area contributed by atoms with Gasteiger partial charge in [-0.05, 0) is 6.92 Å². The first-order valence-corrected chi connectivity index (χ1v) is 5.14. The summed E-state index contributed by atoms with van der Waals surface area (Å²) in [5, 5.41) is 17.6. The highest BCUT2D eigenvalue weighted by Crippen LogP contribution is 2.04. The number of aliphatic hydroxyl groups excluding tert-OH is 2. The minimum Gasteiger partial charge on any atom is -0.394 e. The summed E-state index contributed by atoms with van der Waals surface area (Å²) in [7, 11) is -0.899. The fourth-order valence-electron chi connectivity index (χ4n) is 0.517.